The van der Waals surface area contributed by atoms with Crippen LogP contribution in [0.5, 0.6) is 0 Å². The molecule has 0 aliphatic rings. The van der Waals surface area contributed by atoms with Crippen LogP contribution in [0.2, 0.25) is 0 Å². The van der Waals surface area contributed by atoms with Crippen molar-refractivity contribution in [2.75, 3.05) is 6.54 Å². The van der Waals surface area contributed by atoms with Crippen LogP contribution in [0.4, 0.5) is 0 Å². The number of thiophene rings is 1. The van der Waals surface area contributed by atoms with Crippen LogP contribution >= 0.6 is 11.3 Å². The first-order chi connectivity index (χ1) is 8.16. The van der Waals surface area contributed by atoms with Gasteiger partial charge in [0.1, 0.15) is 10.8 Å². The Morgan fingerprint density at radius 1 is 1.44 bits per heavy atom. The lowest BCUT2D eigenvalue weighted by Gasteiger charge is -2.23. The molecule has 0 saturated carbocycles. The molecule has 7 heteroatoms. The molecule has 0 spiro atoms. The lowest BCUT2D eigenvalue weighted by atomic mass is 10.3. The smallest absolute Gasteiger partial charge is 0.318 e. The Morgan fingerprint density at radius 3 is 2.33 bits per heavy atom. The van der Waals surface area contributed by atoms with Gasteiger partial charge in [-0.25, -0.2) is 8.42 Å². The van der Waals surface area contributed by atoms with Crippen molar-refractivity contribution in [2.45, 2.75) is 37.9 Å². The van der Waals surface area contributed by atoms with Gasteiger partial charge in [0.25, 0.3) is 10.0 Å². The molecule has 0 aromatic carbocycles. The standard InChI is InChI=1S/C11H17NO4S2/c1-7(2)12(6-10(13)14)18(15,16)11-5-8(3)9(4)17-11/h5,7H,6H2,1-4H3,(H,13,14). The van der Waals surface area contributed by atoms with Gasteiger partial charge in [-0.2, -0.15) is 4.31 Å². The van der Waals surface area contributed by atoms with E-state index in [0.29, 0.717) is 0 Å². The first kappa shape index (κ1) is 15.1. The lowest BCUT2D eigenvalue weighted by Crippen LogP contribution is -2.40. The molecule has 18 heavy (non-hydrogen) atoms. The van der Waals surface area contributed by atoms with Gasteiger partial charge in [-0.1, -0.05) is 0 Å². The zero-order valence-electron chi connectivity index (χ0n) is 10.8. The van der Waals surface area contributed by atoms with Gasteiger partial charge in [-0.3, -0.25) is 4.79 Å². The molecule has 1 N–H and O–H groups in total. The zero-order chi connectivity index (χ0) is 14.1. The number of sulfonamides is 1. The Kier molecular flexibility index (Phi) is 4.52. The Morgan fingerprint density at radius 2 is 2.00 bits per heavy atom. The Labute approximate surface area is 111 Å². The molecule has 102 valence electrons. The van der Waals surface area contributed by atoms with Gasteiger partial charge in [-0.15, -0.1) is 11.3 Å². The number of aliphatic carboxylic acids is 1. The summed E-state index contributed by atoms with van der Waals surface area (Å²) in [4.78, 5) is 11.7. The van der Waals surface area contributed by atoms with Gasteiger partial charge in [0.05, 0.1) is 0 Å². The predicted octanol–water partition coefficient (Wildman–Crippen LogP) is 1.85. The molecule has 0 bridgehead atoms. The fourth-order valence-corrected chi connectivity index (χ4v) is 4.69. The second-order valence-corrected chi connectivity index (χ2v) is 7.72. The van der Waals surface area contributed by atoms with Crippen molar-refractivity contribution in [3.63, 3.8) is 0 Å². The van der Waals surface area contributed by atoms with E-state index in [4.69, 9.17) is 5.11 Å². The van der Waals surface area contributed by atoms with Crippen LogP contribution in [0.1, 0.15) is 24.3 Å². The average molecular weight is 291 g/mol. The van der Waals surface area contributed by atoms with E-state index in [0.717, 1.165) is 14.7 Å². The molecule has 1 aromatic heterocycles. The summed E-state index contributed by atoms with van der Waals surface area (Å²) in [5.74, 6) is -1.16. The molecule has 0 amide bonds. The highest BCUT2D eigenvalue weighted by Gasteiger charge is 2.30. The molecule has 0 unspecified atom stereocenters. The largest absolute Gasteiger partial charge is 0.480 e. The maximum absolute atomic E-state index is 12.3. The molecule has 1 heterocycles. The van der Waals surface area contributed by atoms with Crippen LogP contribution in [0, 0.1) is 13.8 Å². The van der Waals surface area contributed by atoms with Gasteiger partial charge >= 0.3 is 5.97 Å². The van der Waals surface area contributed by atoms with Gasteiger partial charge in [0.2, 0.25) is 0 Å². The summed E-state index contributed by atoms with van der Waals surface area (Å²) in [6, 6.07) is 1.20. The van der Waals surface area contributed by atoms with E-state index in [1.54, 1.807) is 19.9 Å². The minimum absolute atomic E-state index is 0.201. The van der Waals surface area contributed by atoms with Crippen molar-refractivity contribution >= 4 is 27.3 Å². The number of nitrogens with zero attached hydrogens (tertiary/aromatic N) is 1. The predicted molar refractivity (Wildman–Crippen MR) is 70.5 cm³/mol. The average Bonchev–Trinajstić information content (AvgIpc) is 2.55. The molecule has 0 aliphatic heterocycles. The number of rotatable bonds is 5. The lowest BCUT2D eigenvalue weighted by molar-refractivity contribution is -0.137. The van der Waals surface area contributed by atoms with Crippen molar-refractivity contribution < 1.29 is 18.3 Å². The molecular formula is C11H17NO4S2. The Bertz CT molecular complexity index is 526. The van der Waals surface area contributed by atoms with Crippen molar-refractivity contribution in [3.05, 3.63) is 16.5 Å². The van der Waals surface area contributed by atoms with E-state index in [2.05, 4.69) is 0 Å². The van der Waals surface area contributed by atoms with Gasteiger partial charge in [0, 0.05) is 10.9 Å². The van der Waals surface area contributed by atoms with Crippen molar-refractivity contribution in [3.8, 4) is 0 Å². The molecular weight excluding hydrogens is 274 g/mol. The molecule has 5 nitrogen and oxygen atoms in total. The third-order valence-electron chi connectivity index (χ3n) is 2.57. The maximum Gasteiger partial charge on any atom is 0.318 e. The summed E-state index contributed by atoms with van der Waals surface area (Å²) in [5.41, 5.74) is 0.901. The second kappa shape index (κ2) is 5.38. The minimum atomic E-state index is -3.73. The highest BCUT2D eigenvalue weighted by Crippen LogP contribution is 2.28. The van der Waals surface area contributed by atoms with Crippen LogP contribution in [0.3, 0.4) is 0 Å². The van der Waals surface area contributed by atoms with Crippen LogP contribution in [0.15, 0.2) is 10.3 Å². The molecule has 0 radical (unpaired) electrons. The summed E-state index contributed by atoms with van der Waals surface area (Å²) in [6.45, 7) is 6.48. The number of carboxylic acid groups (broad SMARTS) is 1. The fourth-order valence-electron chi connectivity index (χ4n) is 1.46. The van der Waals surface area contributed by atoms with Gasteiger partial charge in [0.15, 0.2) is 0 Å². The molecule has 0 atom stereocenters. The molecule has 0 aliphatic carbocycles. The maximum atomic E-state index is 12.3. The minimum Gasteiger partial charge on any atom is -0.480 e. The fraction of sp³-hybridized carbons (Fsp3) is 0.545. The molecule has 0 saturated heterocycles. The van der Waals surface area contributed by atoms with Gasteiger partial charge < -0.3 is 5.11 Å². The Hall–Kier alpha value is -0.920. The number of carboxylic acids is 1. The first-order valence-electron chi connectivity index (χ1n) is 5.47. The van der Waals surface area contributed by atoms with E-state index in [1.807, 2.05) is 13.8 Å². The summed E-state index contributed by atoms with van der Waals surface area (Å²) in [5, 5.41) is 8.80. The number of hydrogen-bond acceptors (Lipinski definition) is 4. The quantitative estimate of drug-likeness (QED) is 0.898. The van der Waals surface area contributed by atoms with E-state index < -0.39 is 28.6 Å². The van der Waals surface area contributed by atoms with E-state index in [1.165, 1.54) is 11.3 Å². The third kappa shape index (κ3) is 3.09. The van der Waals surface area contributed by atoms with Crippen LogP contribution in [-0.2, 0) is 14.8 Å². The van der Waals surface area contributed by atoms with E-state index >= 15 is 0 Å². The van der Waals surface area contributed by atoms with Crippen LogP contribution in [0.25, 0.3) is 0 Å². The van der Waals surface area contributed by atoms with Crippen LogP contribution < -0.4 is 0 Å². The molecule has 1 aromatic rings. The van der Waals surface area contributed by atoms with E-state index in [-0.39, 0.29) is 4.21 Å². The van der Waals surface area contributed by atoms with Crippen LogP contribution in [-0.4, -0.2) is 36.4 Å². The zero-order valence-corrected chi connectivity index (χ0v) is 12.4. The van der Waals surface area contributed by atoms with E-state index in [9.17, 15) is 13.2 Å². The highest BCUT2D eigenvalue weighted by atomic mass is 32.2. The number of hydrogen-bond donors (Lipinski definition) is 1. The van der Waals surface area contributed by atoms with Crippen molar-refractivity contribution in [1.82, 2.24) is 4.31 Å². The number of carbonyl (C=O) groups is 1. The highest BCUT2D eigenvalue weighted by molar-refractivity contribution is 7.91. The number of aryl methyl sites for hydroxylation is 2. The summed E-state index contributed by atoms with van der Waals surface area (Å²) >= 11 is 1.17. The van der Waals surface area contributed by atoms with Gasteiger partial charge in [-0.05, 0) is 39.3 Å². The topological polar surface area (TPSA) is 74.7 Å². The molecule has 1 rings (SSSR count). The summed E-state index contributed by atoms with van der Waals surface area (Å²) in [6.07, 6.45) is 0. The third-order valence-corrected chi connectivity index (χ3v) is 6.20. The first-order valence-corrected chi connectivity index (χ1v) is 7.72. The summed E-state index contributed by atoms with van der Waals surface area (Å²) in [7, 11) is -3.73. The second-order valence-electron chi connectivity index (χ2n) is 4.34. The summed E-state index contributed by atoms with van der Waals surface area (Å²) < 4.78 is 25.9. The monoisotopic (exact) mass is 291 g/mol. The SMILES string of the molecule is Cc1cc(S(=O)(=O)N(CC(=O)O)C(C)C)sc1C. The Balaban J connectivity index is 3.21. The normalized spacial score (nSPS) is 12.3. The van der Waals surface area contributed by atoms with Crippen molar-refractivity contribution in [1.29, 1.82) is 0 Å². The van der Waals surface area contributed by atoms with Crippen molar-refractivity contribution in [2.24, 2.45) is 0 Å². The molecule has 0 fully saturated rings.